The predicted molar refractivity (Wildman–Crippen MR) is 72.9 cm³/mol. The Morgan fingerprint density at radius 1 is 1.32 bits per heavy atom. The molecule has 0 spiro atoms. The molecule has 1 heterocycles. The smallest absolute Gasteiger partial charge is 0.160 e. The Hall–Kier alpha value is -1.36. The fraction of sp³-hybridized carbons (Fsp3) is 0.467. The molecule has 1 atom stereocenters. The van der Waals surface area contributed by atoms with E-state index in [1.807, 2.05) is 31.2 Å². The van der Waals surface area contributed by atoms with E-state index in [9.17, 15) is 5.11 Å². The van der Waals surface area contributed by atoms with Crippen molar-refractivity contribution in [3.05, 3.63) is 35.6 Å². The summed E-state index contributed by atoms with van der Waals surface area (Å²) in [6.07, 6.45) is -0.164. The van der Waals surface area contributed by atoms with Crippen molar-refractivity contribution < 1.29 is 19.0 Å². The Morgan fingerprint density at radius 2 is 2.00 bits per heavy atom. The molecule has 1 aromatic carbocycles. The van der Waals surface area contributed by atoms with Crippen molar-refractivity contribution in [3.8, 4) is 0 Å². The summed E-state index contributed by atoms with van der Waals surface area (Å²) >= 11 is 0. The summed E-state index contributed by atoms with van der Waals surface area (Å²) in [6, 6.07) is 7.79. The molecule has 1 N–H and O–H groups in total. The molecule has 2 aromatic rings. The number of para-hydroxylation sites is 1. The molecule has 0 bridgehead atoms. The van der Waals surface area contributed by atoms with E-state index in [2.05, 4.69) is 0 Å². The van der Waals surface area contributed by atoms with Crippen LogP contribution in [0.15, 0.2) is 28.7 Å². The van der Waals surface area contributed by atoms with E-state index in [1.54, 1.807) is 21.1 Å². The summed E-state index contributed by atoms with van der Waals surface area (Å²) < 4.78 is 16.1. The van der Waals surface area contributed by atoms with Crippen LogP contribution in [0.1, 0.15) is 24.7 Å². The van der Waals surface area contributed by atoms with Crippen LogP contribution in [0.3, 0.4) is 0 Å². The first-order chi connectivity index (χ1) is 8.97. The van der Waals surface area contributed by atoms with E-state index in [-0.39, 0.29) is 0 Å². The molecule has 0 aliphatic rings. The van der Waals surface area contributed by atoms with Crippen LogP contribution in [0, 0.1) is 6.92 Å². The quantitative estimate of drug-likeness (QED) is 0.844. The molecule has 0 saturated carbocycles. The van der Waals surface area contributed by atoms with Gasteiger partial charge in [-0.25, -0.2) is 0 Å². The first-order valence-electron chi connectivity index (χ1n) is 6.25. The molecule has 4 nitrogen and oxygen atoms in total. The van der Waals surface area contributed by atoms with Gasteiger partial charge in [0.1, 0.15) is 16.9 Å². The predicted octanol–water partition coefficient (Wildman–Crippen LogP) is 2.96. The zero-order chi connectivity index (χ0) is 14.0. The van der Waals surface area contributed by atoms with Crippen LogP contribution in [-0.2, 0) is 15.1 Å². The van der Waals surface area contributed by atoms with Crippen LogP contribution in [0.25, 0.3) is 11.0 Å². The zero-order valence-electron chi connectivity index (χ0n) is 11.8. The molecule has 4 heteroatoms. The number of hydrogen-bond acceptors (Lipinski definition) is 4. The van der Waals surface area contributed by atoms with Crippen LogP contribution in [0.4, 0.5) is 0 Å². The molecule has 0 amide bonds. The largest absolute Gasteiger partial charge is 0.458 e. The summed E-state index contributed by atoms with van der Waals surface area (Å²) in [5.74, 6) is 0.524. The van der Waals surface area contributed by atoms with Crippen LogP contribution >= 0.6 is 0 Å². The average molecular weight is 264 g/mol. The van der Waals surface area contributed by atoms with Gasteiger partial charge in [-0.2, -0.15) is 0 Å². The second-order valence-corrected chi connectivity index (χ2v) is 4.98. The van der Waals surface area contributed by atoms with Crippen molar-refractivity contribution in [3.63, 3.8) is 0 Å². The van der Waals surface area contributed by atoms with E-state index in [0.29, 0.717) is 12.2 Å². The van der Waals surface area contributed by atoms with Gasteiger partial charge in [0.2, 0.25) is 0 Å². The second-order valence-electron chi connectivity index (χ2n) is 4.98. The van der Waals surface area contributed by atoms with Crippen molar-refractivity contribution in [2.24, 2.45) is 0 Å². The van der Waals surface area contributed by atoms with Crippen molar-refractivity contribution in [1.82, 2.24) is 0 Å². The summed E-state index contributed by atoms with van der Waals surface area (Å²) in [5.41, 5.74) is 0.723. The molecule has 1 unspecified atom stereocenters. The highest BCUT2D eigenvalue weighted by Crippen LogP contribution is 2.33. The lowest BCUT2D eigenvalue weighted by Crippen LogP contribution is -2.29. The topological polar surface area (TPSA) is 51.8 Å². The molecule has 1 aromatic heterocycles. The van der Waals surface area contributed by atoms with Gasteiger partial charge in [0.05, 0.1) is 0 Å². The SMILES string of the molecule is COC(CC(C)(O)c1cc2cccc(C)c2o1)OC. The minimum Gasteiger partial charge on any atom is -0.458 e. The van der Waals surface area contributed by atoms with Crippen LogP contribution < -0.4 is 0 Å². The first kappa shape index (κ1) is 14.1. The van der Waals surface area contributed by atoms with Gasteiger partial charge in [-0.3, -0.25) is 0 Å². The van der Waals surface area contributed by atoms with E-state index in [4.69, 9.17) is 13.9 Å². The highest BCUT2D eigenvalue weighted by molar-refractivity contribution is 5.81. The Bertz CT molecular complexity index is 552. The van der Waals surface area contributed by atoms with Crippen molar-refractivity contribution >= 4 is 11.0 Å². The van der Waals surface area contributed by atoms with Gasteiger partial charge in [-0.05, 0) is 25.5 Å². The Kier molecular flexibility index (Phi) is 3.94. The minimum atomic E-state index is -1.14. The Morgan fingerprint density at radius 3 is 2.58 bits per heavy atom. The van der Waals surface area contributed by atoms with Crippen LogP contribution in [0.5, 0.6) is 0 Å². The Balaban J connectivity index is 2.34. The van der Waals surface area contributed by atoms with Crippen molar-refractivity contribution in [2.45, 2.75) is 32.2 Å². The number of fused-ring (bicyclic) bond motifs is 1. The molecule has 0 radical (unpaired) electrons. The zero-order valence-corrected chi connectivity index (χ0v) is 11.8. The lowest BCUT2D eigenvalue weighted by Gasteiger charge is -2.24. The number of furan rings is 1. The van der Waals surface area contributed by atoms with Gasteiger partial charge in [0.25, 0.3) is 0 Å². The molecular weight excluding hydrogens is 244 g/mol. The monoisotopic (exact) mass is 264 g/mol. The van der Waals surface area contributed by atoms with Crippen molar-refractivity contribution in [1.29, 1.82) is 0 Å². The normalized spacial score (nSPS) is 15.1. The third-order valence-corrected chi connectivity index (χ3v) is 3.36. The van der Waals surface area contributed by atoms with Crippen LogP contribution in [0.2, 0.25) is 0 Å². The van der Waals surface area contributed by atoms with Gasteiger partial charge < -0.3 is 19.0 Å². The van der Waals surface area contributed by atoms with Gasteiger partial charge >= 0.3 is 0 Å². The maximum atomic E-state index is 10.6. The number of benzene rings is 1. The second kappa shape index (κ2) is 5.33. The maximum Gasteiger partial charge on any atom is 0.160 e. The average Bonchev–Trinajstić information content (AvgIpc) is 2.82. The lowest BCUT2D eigenvalue weighted by atomic mass is 9.98. The highest BCUT2D eigenvalue weighted by atomic mass is 16.7. The van der Waals surface area contributed by atoms with Gasteiger partial charge in [-0.15, -0.1) is 0 Å². The standard InChI is InChI=1S/C15H20O4/c1-10-6-5-7-11-8-12(19-14(10)11)15(2,16)9-13(17-3)18-4/h5-8,13,16H,9H2,1-4H3. The molecule has 0 saturated heterocycles. The fourth-order valence-electron chi connectivity index (χ4n) is 2.16. The van der Waals surface area contributed by atoms with Gasteiger partial charge in [-0.1, -0.05) is 18.2 Å². The molecule has 19 heavy (non-hydrogen) atoms. The number of aryl methyl sites for hydroxylation is 1. The summed E-state index contributed by atoms with van der Waals surface area (Å²) in [4.78, 5) is 0. The third-order valence-electron chi connectivity index (χ3n) is 3.36. The van der Waals surface area contributed by atoms with E-state index >= 15 is 0 Å². The Labute approximate surface area is 112 Å². The summed E-state index contributed by atoms with van der Waals surface area (Å²) in [6.45, 7) is 3.68. The molecule has 104 valence electrons. The van der Waals surface area contributed by atoms with Gasteiger partial charge in [0.15, 0.2) is 6.29 Å². The van der Waals surface area contributed by atoms with Gasteiger partial charge in [0, 0.05) is 26.0 Å². The minimum absolute atomic E-state index is 0.304. The number of hydrogen-bond donors (Lipinski definition) is 1. The lowest BCUT2D eigenvalue weighted by molar-refractivity contribution is -0.145. The molecule has 0 aliphatic carbocycles. The number of aliphatic hydroxyl groups is 1. The molecule has 0 aliphatic heterocycles. The molecular formula is C15H20O4. The highest BCUT2D eigenvalue weighted by Gasteiger charge is 2.31. The number of ether oxygens (including phenoxy) is 2. The van der Waals surface area contributed by atoms with E-state index in [1.165, 1.54) is 0 Å². The van der Waals surface area contributed by atoms with E-state index in [0.717, 1.165) is 16.5 Å². The maximum absolute atomic E-state index is 10.6. The summed E-state index contributed by atoms with van der Waals surface area (Å²) in [5, 5.41) is 11.5. The molecule has 2 rings (SSSR count). The number of rotatable bonds is 5. The fourth-order valence-corrected chi connectivity index (χ4v) is 2.16. The number of methoxy groups -OCH3 is 2. The summed E-state index contributed by atoms with van der Waals surface area (Å²) in [7, 11) is 3.10. The molecule has 0 fully saturated rings. The third kappa shape index (κ3) is 2.81. The van der Waals surface area contributed by atoms with E-state index < -0.39 is 11.9 Å². The van der Waals surface area contributed by atoms with Crippen LogP contribution in [-0.4, -0.2) is 25.6 Å². The van der Waals surface area contributed by atoms with Crippen molar-refractivity contribution in [2.75, 3.05) is 14.2 Å². The first-order valence-corrected chi connectivity index (χ1v) is 6.25.